The Kier molecular flexibility index (Phi) is 6.94. The first-order valence-electron chi connectivity index (χ1n) is 10.9. The number of hydrogen-bond donors (Lipinski definition) is 1. The molecule has 3 heterocycles. The van der Waals surface area contributed by atoms with E-state index >= 15 is 0 Å². The van der Waals surface area contributed by atoms with Crippen molar-refractivity contribution in [3.8, 4) is 22.8 Å². The third kappa shape index (κ3) is 5.37. The van der Waals surface area contributed by atoms with Crippen molar-refractivity contribution in [1.82, 2.24) is 19.5 Å². The van der Waals surface area contributed by atoms with Gasteiger partial charge in [-0.25, -0.2) is 9.97 Å². The van der Waals surface area contributed by atoms with E-state index in [1.165, 1.54) is 10.8 Å². The third-order valence-corrected chi connectivity index (χ3v) is 5.96. The van der Waals surface area contributed by atoms with Crippen molar-refractivity contribution in [2.45, 2.75) is 39.9 Å². The Hall–Kier alpha value is -3.26. The van der Waals surface area contributed by atoms with Gasteiger partial charge in [0.1, 0.15) is 23.0 Å². The van der Waals surface area contributed by atoms with Crippen LogP contribution in [0.1, 0.15) is 36.5 Å². The smallest absolute Gasteiger partial charge is 0.277 e. The van der Waals surface area contributed by atoms with Gasteiger partial charge in [-0.2, -0.15) is 0 Å². The lowest BCUT2D eigenvalue weighted by atomic mass is 10.1. The van der Waals surface area contributed by atoms with Crippen molar-refractivity contribution >= 4 is 23.2 Å². The van der Waals surface area contributed by atoms with Crippen molar-refractivity contribution < 1.29 is 9.84 Å². The number of ether oxygens (including phenoxy) is 1. The fraction of sp³-hybridized carbons (Fsp3) is 0.231. The summed E-state index contributed by atoms with van der Waals surface area (Å²) in [4.78, 5) is 26.2. The molecule has 0 radical (unpaired) electrons. The van der Waals surface area contributed by atoms with Crippen LogP contribution in [0.15, 0.2) is 59.7 Å². The van der Waals surface area contributed by atoms with E-state index in [9.17, 15) is 9.90 Å². The summed E-state index contributed by atoms with van der Waals surface area (Å²) in [6.07, 6.45) is 2.99. The summed E-state index contributed by atoms with van der Waals surface area (Å²) in [5.41, 5.74) is 2.31. The quantitative estimate of drug-likeness (QED) is 0.372. The SMILES string of the molecule is Cc1cccc(COc2cc(C)n(-c3cc(-c4ccnc(C(C)(C)O)n4)ncc3Cl)c(=O)c2Cl)c1. The summed E-state index contributed by atoms with van der Waals surface area (Å²) in [6, 6.07) is 12.9. The molecule has 35 heavy (non-hydrogen) atoms. The molecule has 9 heteroatoms. The lowest BCUT2D eigenvalue weighted by Crippen LogP contribution is -2.22. The molecule has 3 aromatic heterocycles. The molecular formula is C26H24Cl2N4O3. The number of halogens is 2. The number of nitrogens with zero attached hydrogens (tertiary/aromatic N) is 4. The Morgan fingerprint density at radius 3 is 2.54 bits per heavy atom. The van der Waals surface area contributed by atoms with E-state index in [-0.39, 0.29) is 22.5 Å². The zero-order chi connectivity index (χ0) is 25.3. The van der Waals surface area contributed by atoms with E-state index < -0.39 is 11.2 Å². The van der Waals surface area contributed by atoms with Gasteiger partial charge in [0, 0.05) is 24.2 Å². The molecule has 0 unspecified atom stereocenters. The zero-order valence-corrected chi connectivity index (χ0v) is 21.2. The lowest BCUT2D eigenvalue weighted by molar-refractivity contribution is 0.0688. The second kappa shape index (κ2) is 9.77. The van der Waals surface area contributed by atoms with Crippen LogP contribution in [0.2, 0.25) is 10.0 Å². The van der Waals surface area contributed by atoms with Crippen molar-refractivity contribution in [3.05, 3.63) is 97.9 Å². The number of benzene rings is 1. The molecule has 0 saturated heterocycles. The summed E-state index contributed by atoms with van der Waals surface area (Å²) < 4.78 is 7.28. The second-order valence-electron chi connectivity index (χ2n) is 8.73. The number of hydrogen-bond acceptors (Lipinski definition) is 6. The maximum absolute atomic E-state index is 13.3. The highest BCUT2D eigenvalue weighted by molar-refractivity contribution is 6.33. The van der Waals surface area contributed by atoms with Gasteiger partial charge in [0.15, 0.2) is 5.82 Å². The maximum atomic E-state index is 13.3. The largest absolute Gasteiger partial charge is 0.487 e. The first-order chi connectivity index (χ1) is 16.5. The molecule has 0 fully saturated rings. The number of aliphatic hydroxyl groups is 1. The summed E-state index contributed by atoms with van der Waals surface area (Å²) in [5.74, 6) is 0.544. The molecule has 0 amide bonds. The maximum Gasteiger partial charge on any atom is 0.277 e. The van der Waals surface area contributed by atoms with Gasteiger partial charge in [-0.15, -0.1) is 0 Å². The van der Waals surface area contributed by atoms with E-state index in [1.54, 1.807) is 45.2 Å². The zero-order valence-electron chi connectivity index (χ0n) is 19.7. The molecule has 0 bridgehead atoms. The minimum absolute atomic E-state index is 0.0518. The van der Waals surface area contributed by atoms with Crippen LogP contribution in [-0.2, 0) is 12.2 Å². The number of aromatic nitrogens is 4. The highest BCUT2D eigenvalue weighted by Gasteiger charge is 2.21. The topological polar surface area (TPSA) is 90.1 Å². The first kappa shape index (κ1) is 24.9. The molecule has 1 N–H and O–H groups in total. The van der Waals surface area contributed by atoms with Crippen LogP contribution < -0.4 is 10.3 Å². The third-order valence-electron chi connectivity index (χ3n) is 5.32. The lowest BCUT2D eigenvalue weighted by Gasteiger charge is -2.17. The van der Waals surface area contributed by atoms with E-state index in [1.807, 2.05) is 31.2 Å². The molecule has 0 spiro atoms. The summed E-state index contributed by atoms with van der Waals surface area (Å²) in [7, 11) is 0. The van der Waals surface area contributed by atoms with Crippen molar-refractivity contribution in [2.24, 2.45) is 0 Å². The van der Waals surface area contributed by atoms with Crippen LogP contribution in [0, 0.1) is 13.8 Å². The number of rotatable bonds is 6. The predicted molar refractivity (Wildman–Crippen MR) is 136 cm³/mol. The van der Waals surface area contributed by atoms with Crippen LogP contribution in [0.4, 0.5) is 0 Å². The van der Waals surface area contributed by atoms with E-state index in [0.717, 1.165) is 11.1 Å². The van der Waals surface area contributed by atoms with Crippen molar-refractivity contribution in [2.75, 3.05) is 0 Å². The average molecular weight is 511 g/mol. The van der Waals surface area contributed by atoms with Crippen molar-refractivity contribution in [3.63, 3.8) is 0 Å². The normalized spacial score (nSPS) is 11.5. The second-order valence-corrected chi connectivity index (χ2v) is 9.51. The van der Waals surface area contributed by atoms with Gasteiger partial charge >= 0.3 is 0 Å². The van der Waals surface area contributed by atoms with Gasteiger partial charge < -0.3 is 9.84 Å². The van der Waals surface area contributed by atoms with Gasteiger partial charge in [-0.05, 0) is 45.4 Å². The predicted octanol–water partition coefficient (Wildman–Crippen LogP) is 5.42. The summed E-state index contributed by atoms with van der Waals surface area (Å²) in [5, 5.41) is 10.5. The minimum atomic E-state index is -1.22. The molecule has 0 aliphatic rings. The Labute approximate surface area is 213 Å². The molecular weight excluding hydrogens is 487 g/mol. The van der Waals surface area contributed by atoms with Gasteiger partial charge in [0.2, 0.25) is 0 Å². The molecule has 0 aliphatic carbocycles. The summed E-state index contributed by atoms with van der Waals surface area (Å²) in [6.45, 7) is 7.24. The Balaban J connectivity index is 1.72. The minimum Gasteiger partial charge on any atom is -0.487 e. The van der Waals surface area contributed by atoms with E-state index in [2.05, 4.69) is 15.0 Å². The molecule has 0 aliphatic heterocycles. The average Bonchev–Trinajstić information content (AvgIpc) is 2.81. The van der Waals surface area contributed by atoms with Gasteiger partial charge in [-0.3, -0.25) is 14.3 Å². The molecule has 7 nitrogen and oxygen atoms in total. The van der Waals surface area contributed by atoms with Crippen LogP contribution in [-0.4, -0.2) is 24.6 Å². The van der Waals surface area contributed by atoms with Crippen LogP contribution in [0.3, 0.4) is 0 Å². The Morgan fingerprint density at radius 1 is 1.06 bits per heavy atom. The van der Waals surface area contributed by atoms with Crippen molar-refractivity contribution in [1.29, 1.82) is 0 Å². The molecule has 0 saturated carbocycles. The fourth-order valence-electron chi connectivity index (χ4n) is 3.58. The molecule has 4 rings (SSSR count). The highest BCUT2D eigenvalue weighted by Crippen LogP contribution is 2.29. The van der Waals surface area contributed by atoms with Gasteiger partial charge in [-0.1, -0.05) is 53.0 Å². The standard InChI is InChI=1S/C26H24Cl2N4O3/c1-15-6-5-7-17(10-15)14-35-22-11-16(2)32(24(33)23(22)28)21-12-20(30-13-18(21)27)19-8-9-29-25(31-19)26(3,4)34/h5-13,34H,14H2,1-4H3. The monoisotopic (exact) mass is 510 g/mol. The number of aryl methyl sites for hydroxylation is 2. The molecule has 4 aromatic rings. The van der Waals surface area contributed by atoms with Gasteiger partial charge in [0.05, 0.1) is 22.1 Å². The fourth-order valence-corrected chi connectivity index (χ4v) is 3.97. The molecule has 180 valence electrons. The van der Waals surface area contributed by atoms with Gasteiger partial charge in [0.25, 0.3) is 5.56 Å². The first-order valence-corrected chi connectivity index (χ1v) is 11.6. The molecule has 1 aromatic carbocycles. The van der Waals surface area contributed by atoms with Crippen LogP contribution in [0.25, 0.3) is 17.1 Å². The number of pyridine rings is 2. The van der Waals surface area contributed by atoms with E-state index in [4.69, 9.17) is 27.9 Å². The Bertz CT molecular complexity index is 1460. The van der Waals surface area contributed by atoms with Crippen LogP contribution >= 0.6 is 23.2 Å². The molecule has 0 atom stereocenters. The van der Waals surface area contributed by atoms with Crippen LogP contribution in [0.5, 0.6) is 5.75 Å². The van der Waals surface area contributed by atoms with E-state index in [0.29, 0.717) is 28.5 Å². The summed E-state index contributed by atoms with van der Waals surface area (Å²) >= 11 is 12.9. The highest BCUT2D eigenvalue weighted by atomic mass is 35.5. The Morgan fingerprint density at radius 2 is 1.83 bits per heavy atom.